The van der Waals surface area contributed by atoms with Crippen molar-refractivity contribution in [3.05, 3.63) is 23.8 Å². The van der Waals surface area contributed by atoms with Crippen molar-refractivity contribution in [3.8, 4) is 5.75 Å². The number of anilines is 1. The number of fused-ring (bicyclic) bond motifs is 1. The summed E-state index contributed by atoms with van der Waals surface area (Å²) in [4.78, 5) is 2.46. The molecule has 154 valence electrons. The van der Waals surface area contributed by atoms with Gasteiger partial charge in [0.25, 0.3) is 0 Å². The van der Waals surface area contributed by atoms with Crippen LogP contribution in [0.5, 0.6) is 5.75 Å². The molecule has 2 aliphatic heterocycles. The van der Waals surface area contributed by atoms with E-state index in [1.54, 1.807) is 0 Å². The minimum atomic E-state index is -0.227. The maximum atomic E-state index is 11.3. The molecule has 4 aliphatic rings. The summed E-state index contributed by atoms with van der Waals surface area (Å²) < 4.78 is 12.5. The molecule has 0 unspecified atom stereocenters. The average Bonchev–Trinajstić information content (AvgIpc) is 3.39. The second-order valence-corrected chi connectivity index (χ2v) is 10.1. The van der Waals surface area contributed by atoms with Crippen molar-refractivity contribution < 1.29 is 14.6 Å². The Morgan fingerprint density at radius 2 is 2.04 bits per heavy atom. The first kappa shape index (κ1) is 18.7. The Kier molecular flexibility index (Phi) is 4.44. The first-order valence-corrected chi connectivity index (χ1v) is 11.3. The summed E-state index contributed by atoms with van der Waals surface area (Å²) in [5.41, 5.74) is 2.50. The lowest BCUT2D eigenvalue weighted by Gasteiger charge is -2.51. The van der Waals surface area contributed by atoms with Crippen molar-refractivity contribution in [3.63, 3.8) is 0 Å². The van der Waals surface area contributed by atoms with E-state index in [0.717, 1.165) is 44.7 Å². The number of aliphatic hydroxyl groups is 1. The number of benzene rings is 1. The summed E-state index contributed by atoms with van der Waals surface area (Å²) in [5.74, 6) is 1.97. The predicted octanol–water partition coefficient (Wildman–Crippen LogP) is 4.56. The minimum Gasteiger partial charge on any atom is -0.493 e. The van der Waals surface area contributed by atoms with E-state index in [2.05, 4.69) is 43.9 Å². The lowest BCUT2D eigenvalue weighted by molar-refractivity contribution is -0.164. The average molecular weight is 386 g/mol. The van der Waals surface area contributed by atoms with Gasteiger partial charge in [0.05, 0.1) is 18.8 Å². The monoisotopic (exact) mass is 385 g/mol. The standard InChI is InChI=1S/C24H35NO3/c1-4-27-20-14-17(25-10-5-6-11-25)7-8-18(20)21-19-13-16-15-24(19,9-12-28-21)22(26)23(16,2)3/h7-8,14,16,19,21-22,26H,4-6,9-13,15H2,1-3H3/t16-,19-,21-,22-,24-/m1/s1. The lowest BCUT2D eigenvalue weighted by Crippen LogP contribution is -2.51. The van der Waals surface area contributed by atoms with Gasteiger partial charge in [-0.25, -0.2) is 0 Å². The Labute approximate surface area is 169 Å². The molecule has 2 heterocycles. The van der Waals surface area contributed by atoms with Gasteiger partial charge in [-0.05, 0) is 62.3 Å². The molecule has 28 heavy (non-hydrogen) atoms. The van der Waals surface area contributed by atoms with Crippen molar-refractivity contribution in [1.82, 2.24) is 0 Å². The molecule has 4 nitrogen and oxygen atoms in total. The Morgan fingerprint density at radius 3 is 2.75 bits per heavy atom. The number of hydrogen-bond donors (Lipinski definition) is 1. The van der Waals surface area contributed by atoms with E-state index in [-0.39, 0.29) is 23.0 Å². The van der Waals surface area contributed by atoms with Crippen LogP contribution in [0.15, 0.2) is 18.2 Å². The van der Waals surface area contributed by atoms with Crippen LogP contribution in [0.2, 0.25) is 0 Å². The van der Waals surface area contributed by atoms with Crippen LogP contribution in [0, 0.1) is 22.7 Å². The lowest BCUT2D eigenvalue weighted by atomic mass is 9.60. The first-order valence-electron chi connectivity index (χ1n) is 11.3. The third kappa shape index (κ3) is 2.56. The van der Waals surface area contributed by atoms with E-state index < -0.39 is 0 Å². The molecule has 1 aromatic carbocycles. The van der Waals surface area contributed by atoms with E-state index in [1.165, 1.54) is 24.1 Å². The van der Waals surface area contributed by atoms with E-state index in [4.69, 9.17) is 9.47 Å². The topological polar surface area (TPSA) is 41.9 Å². The molecule has 4 heteroatoms. The van der Waals surface area contributed by atoms with Gasteiger partial charge in [0.15, 0.2) is 0 Å². The fourth-order valence-corrected chi connectivity index (χ4v) is 6.94. The molecule has 0 aromatic heterocycles. The minimum absolute atomic E-state index is 0.0220. The number of ether oxygens (including phenoxy) is 2. The summed E-state index contributed by atoms with van der Waals surface area (Å²) in [7, 11) is 0. The third-order valence-electron chi connectivity index (χ3n) is 8.51. The Bertz CT molecular complexity index is 741. The number of rotatable bonds is 4. The normalized spacial score (nSPS) is 38.6. The van der Waals surface area contributed by atoms with Gasteiger partial charge < -0.3 is 19.5 Å². The van der Waals surface area contributed by atoms with Gasteiger partial charge in [-0.2, -0.15) is 0 Å². The van der Waals surface area contributed by atoms with E-state index in [1.807, 2.05) is 0 Å². The van der Waals surface area contributed by atoms with E-state index in [9.17, 15) is 5.11 Å². The largest absolute Gasteiger partial charge is 0.493 e. The van der Waals surface area contributed by atoms with Crippen LogP contribution < -0.4 is 9.64 Å². The molecule has 5 rings (SSSR count). The molecule has 4 fully saturated rings. The van der Waals surface area contributed by atoms with Gasteiger partial charge >= 0.3 is 0 Å². The van der Waals surface area contributed by atoms with Crippen LogP contribution in [-0.2, 0) is 4.74 Å². The van der Waals surface area contributed by atoms with Crippen LogP contribution in [0.3, 0.4) is 0 Å². The van der Waals surface area contributed by atoms with Crippen LogP contribution in [0.1, 0.15) is 64.5 Å². The highest BCUT2D eigenvalue weighted by molar-refractivity contribution is 5.55. The molecule has 1 spiro atoms. The van der Waals surface area contributed by atoms with Gasteiger partial charge in [0.1, 0.15) is 5.75 Å². The van der Waals surface area contributed by atoms with Crippen molar-refractivity contribution in [1.29, 1.82) is 0 Å². The Morgan fingerprint density at radius 1 is 1.25 bits per heavy atom. The van der Waals surface area contributed by atoms with Gasteiger partial charge in [0.2, 0.25) is 0 Å². The zero-order valence-electron chi connectivity index (χ0n) is 17.6. The molecule has 0 radical (unpaired) electrons. The Hall–Kier alpha value is -1.26. The summed E-state index contributed by atoms with van der Waals surface area (Å²) in [6.45, 7) is 10.2. The quantitative estimate of drug-likeness (QED) is 0.825. The van der Waals surface area contributed by atoms with Crippen LogP contribution in [0.25, 0.3) is 0 Å². The summed E-state index contributed by atoms with van der Waals surface area (Å²) in [5, 5.41) is 11.3. The summed E-state index contributed by atoms with van der Waals surface area (Å²) in [6, 6.07) is 6.72. The number of hydrogen-bond acceptors (Lipinski definition) is 4. The highest BCUT2D eigenvalue weighted by atomic mass is 16.5. The smallest absolute Gasteiger partial charge is 0.127 e. The zero-order chi connectivity index (χ0) is 19.5. The van der Waals surface area contributed by atoms with Crippen molar-refractivity contribution in [2.75, 3.05) is 31.2 Å². The molecule has 0 amide bonds. The van der Waals surface area contributed by atoms with E-state index in [0.29, 0.717) is 18.4 Å². The first-order chi connectivity index (χ1) is 13.5. The fraction of sp³-hybridized carbons (Fsp3) is 0.750. The van der Waals surface area contributed by atoms with Gasteiger partial charge in [-0.15, -0.1) is 0 Å². The van der Waals surface area contributed by atoms with Crippen LogP contribution >= 0.6 is 0 Å². The van der Waals surface area contributed by atoms with Crippen molar-refractivity contribution in [2.45, 2.75) is 65.1 Å². The maximum absolute atomic E-state index is 11.3. The van der Waals surface area contributed by atoms with Crippen LogP contribution in [0.4, 0.5) is 5.69 Å². The summed E-state index contributed by atoms with van der Waals surface area (Å²) in [6.07, 6.45) is 5.67. The summed E-state index contributed by atoms with van der Waals surface area (Å²) >= 11 is 0. The second kappa shape index (κ2) is 6.63. The highest BCUT2D eigenvalue weighted by Crippen LogP contribution is 2.70. The molecule has 1 N–H and O–H groups in total. The van der Waals surface area contributed by atoms with Crippen LogP contribution in [-0.4, -0.2) is 37.5 Å². The van der Waals surface area contributed by atoms with Gasteiger partial charge in [0, 0.05) is 42.4 Å². The predicted molar refractivity (Wildman–Crippen MR) is 111 cm³/mol. The zero-order valence-corrected chi connectivity index (χ0v) is 17.6. The second-order valence-electron chi connectivity index (χ2n) is 10.1. The SMILES string of the molecule is CCOc1cc(N2CCCC2)ccc1[C@H]1OCC[C@@]23C[C@@H](C[C@H]12)C(C)(C)[C@H]3O. The third-order valence-corrected chi connectivity index (χ3v) is 8.51. The fourth-order valence-electron chi connectivity index (χ4n) is 6.94. The van der Waals surface area contributed by atoms with Gasteiger partial charge in [-0.1, -0.05) is 19.9 Å². The molecule has 2 saturated carbocycles. The number of nitrogens with zero attached hydrogens (tertiary/aromatic N) is 1. The molecular formula is C24H35NO3. The molecular weight excluding hydrogens is 350 g/mol. The molecule has 1 aromatic rings. The van der Waals surface area contributed by atoms with E-state index >= 15 is 0 Å². The van der Waals surface area contributed by atoms with Gasteiger partial charge in [-0.3, -0.25) is 0 Å². The van der Waals surface area contributed by atoms with Crippen molar-refractivity contribution >= 4 is 5.69 Å². The maximum Gasteiger partial charge on any atom is 0.127 e. The Balaban J connectivity index is 1.49. The molecule has 2 aliphatic carbocycles. The molecule has 5 atom stereocenters. The molecule has 2 saturated heterocycles. The van der Waals surface area contributed by atoms with Crippen molar-refractivity contribution in [2.24, 2.45) is 22.7 Å². The number of aliphatic hydroxyl groups excluding tert-OH is 1. The highest BCUT2D eigenvalue weighted by Gasteiger charge is 2.68. The molecule has 2 bridgehead atoms.